The number of fused-ring (bicyclic) bond motifs is 7. The predicted octanol–water partition coefficient (Wildman–Crippen LogP) is 14.6. The molecule has 0 saturated heterocycles. The van der Waals surface area contributed by atoms with Crippen molar-refractivity contribution in [3.05, 3.63) is 206 Å². The number of furan rings is 1. The molecule has 0 radical (unpaired) electrons. The maximum absolute atomic E-state index is 6.49. The van der Waals surface area contributed by atoms with Gasteiger partial charge in [-0.05, 0) is 71.1 Å². The first-order valence-corrected chi connectivity index (χ1v) is 18.8. The molecule has 0 atom stereocenters. The van der Waals surface area contributed by atoms with Crippen LogP contribution in [0, 0.1) is 0 Å². The van der Waals surface area contributed by atoms with Crippen molar-refractivity contribution in [1.82, 2.24) is 4.57 Å². The topological polar surface area (TPSA) is 21.3 Å². The van der Waals surface area contributed by atoms with Crippen molar-refractivity contribution in [1.29, 1.82) is 0 Å². The Labute approximate surface area is 318 Å². The lowest BCUT2D eigenvalue weighted by molar-refractivity contribution is 0.670. The molecule has 11 aromatic rings. The first kappa shape index (κ1) is 31.2. The average molecular weight is 703 g/mol. The number of nitrogens with zero attached hydrogens (tertiary/aromatic N) is 2. The van der Waals surface area contributed by atoms with E-state index in [1.165, 1.54) is 38.1 Å². The maximum atomic E-state index is 6.49. The molecule has 9 aromatic carbocycles. The molecule has 0 aliphatic carbocycles. The second-order valence-corrected chi connectivity index (χ2v) is 14.1. The first-order chi connectivity index (χ1) is 27.3. The van der Waals surface area contributed by atoms with Gasteiger partial charge in [-0.15, -0.1) is 0 Å². The highest BCUT2D eigenvalue weighted by Crippen LogP contribution is 2.43. The van der Waals surface area contributed by atoms with Crippen LogP contribution in [-0.2, 0) is 0 Å². The number of para-hydroxylation sites is 5. The Morgan fingerprint density at radius 1 is 0.382 bits per heavy atom. The van der Waals surface area contributed by atoms with Crippen LogP contribution in [0.1, 0.15) is 0 Å². The molecule has 11 rings (SSSR count). The van der Waals surface area contributed by atoms with Gasteiger partial charge in [0.25, 0.3) is 0 Å². The molecule has 0 unspecified atom stereocenters. The Morgan fingerprint density at radius 2 is 0.982 bits per heavy atom. The van der Waals surface area contributed by atoms with Crippen molar-refractivity contribution >= 4 is 71.6 Å². The molecule has 3 heteroatoms. The Bertz CT molecular complexity index is 3160. The highest BCUT2D eigenvalue weighted by molar-refractivity contribution is 6.11. The van der Waals surface area contributed by atoms with Crippen molar-refractivity contribution in [2.24, 2.45) is 0 Å². The normalized spacial score (nSPS) is 11.6. The number of hydrogen-bond donors (Lipinski definition) is 0. The molecule has 55 heavy (non-hydrogen) atoms. The van der Waals surface area contributed by atoms with Crippen LogP contribution in [0.25, 0.3) is 82.5 Å². The van der Waals surface area contributed by atoms with E-state index in [4.69, 9.17) is 4.42 Å². The maximum Gasteiger partial charge on any atom is 0.143 e. The van der Waals surface area contributed by atoms with E-state index in [-0.39, 0.29) is 0 Å². The summed E-state index contributed by atoms with van der Waals surface area (Å²) in [5.74, 6) is 0. The molecule has 2 aromatic heterocycles. The molecule has 0 spiro atoms. The van der Waals surface area contributed by atoms with Crippen LogP contribution in [0.4, 0.5) is 17.1 Å². The molecule has 0 fully saturated rings. The minimum Gasteiger partial charge on any atom is -0.455 e. The van der Waals surface area contributed by atoms with Crippen LogP contribution in [0.2, 0.25) is 0 Å². The van der Waals surface area contributed by atoms with E-state index in [2.05, 4.69) is 204 Å². The van der Waals surface area contributed by atoms with Crippen LogP contribution in [0.5, 0.6) is 0 Å². The third-order valence-electron chi connectivity index (χ3n) is 11.0. The lowest BCUT2D eigenvalue weighted by Gasteiger charge is -2.27. The zero-order chi connectivity index (χ0) is 36.3. The van der Waals surface area contributed by atoms with Crippen LogP contribution in [0.15, 0.2) is 211 Å². The van der Waals surface area contributed by atoms with Gasteiger partial charge in [0.1, 0.15) is 11.2 Å². The number of anilines is 3. The summed E-state index contributed by atoms with van der Waals surface area (Å²) in [6.45, 7) is 0. The molecule has 3 nitrogen and oxygen atoms in total. The van der Waals surface area contributed by atoms with E-state index in [0.717, 1.165) is 61.4 Å². The fraction of sp³-hybridized carbons (Fsp3) is 0. The molecule has 258 valence electrons. The summed E-state index contributed by atoms with van der Waals surface area (Å²) >= 11 is 0. The van der Waals surface area contributed by atoms with Gasteiger partial charge in [-0.1, -0.05) is 152 Å². The number of hydrogen-bond acceptors (Lipinski definition) is 2. The van der Waals surface area contributed by atoms with Gasteiger partial charge in [-0.25, -0.2) is 0 Å². The fourth-order valence-electron chi connectivity index (χ4n) is 8.50. The Kier molecular flexibility index (Phi) is 7.17. The van der Waals surface area contributed by atoms with Crippen molar-refractivity contribution < 1.29 is 4.42 Å². The SMILES string of the molecule is c1cc(-c2cccc3c2oc2ccccc23)cc(N(c2ccc(-c3ccccc3-n3c4ccccc4c4ccccc43)cc2)c2cccc3ccccc23)c1. The molecular weight excluding hydrogens is 669 g/mol. The minimum atomic E-state index is 0.901. The van der Waals surface area contributed by atoms with Gasteiger partial charge in [-0.3, -0.25) is 0 Å². The highest BCUT2D eigenvalue weighted by Gasteiger charge is 2.19. The Morgan fingerprint density at radius 3 is 1.80 bits per heavy atom. The summed E-state index contributed by atoms with van der Waals surface area (Å²) in [5.41, 5.74) is 13.1. The monoisotopic (exact) mass is 702 g/mol. The summed E-state index contributed by atoms with van der Waals surface area (Å²) in [6.07, 6.45) is 0. The zero-order valence-corrected chi connectivity index (χ0v) is 29.9. The smallest absolute Gasteiger partial charge is 0.143 e. The van der Waals surface area contributed by atoms with Crippen molar-refractivity contribution in [3.63, 3.8) is 0 Å². The molecule has 2 heterocycles. The lowest BCUT2D eigenvalue weighted by Crippen LogP contribution is -2.10. The third-order valence-corrected chi connectivity index (χ3v) is 11.0. The Balaban J connectivity index is 1.07. The zero-order valence-electron chi connectivity index (χ0n) is 29.9. The van der Waals surface area contributed by atoms with Crippen LogP contribution >= 0.6 is 0 Å². The van der Waals surface area contributed by atoms with Gasteiger partial charge in [-0.2, -0.15) is 0 Å². The van der Waals surface area contributed by atoms with E-state index in [9.17, 15) is 0 Å². The second kappa shape index (κ2) is 12.6. The number of aromatic nitrogens is 1. The van der Waals surface area contributed by atoms with Gasteiger partial charge in [0.2, 0.25) is 0 Å². The molecule has 0 bridgehead atoms. The third kappa shape index (κ3) is 5.05. The van der Waals surface area contributed by atoms with Gasteiger partial charge in [0, 0.05) is 49.4 Å². The van der Waals surface area contributed by atoms with Gasteiger partial charge >= 0.3 is 0 Å². The number of rotatable bonds is 6. The summed E-state index contributed by atoms with van der Waals surface area (Å²) in [6, 6.07) is 73.9. The molecule has 0 saturated carbocycles. The quantitative estimate of drug-likeness (QED) is 0.172. The van der Waals surface area contributed by atoms with Gasteiger partial charge in [0.05, 0.1) is 22.4 Å². The van der Waals surface area contributed by atoms with E-state index >= 15 is 0 Å². The molecule has 0 aliphatic rings. The number of benzene rings is 9. The van der Waals surface area contributed by atoms with Gasteiger partial charge in [0.15, 0.2) is 0 Å². The minimum absolute atomic E-state index is 0.901. The summed E-state index contributed by atoms with van der Waals surface area (Å²) < 4.78 is 8.90. The highest BCUT2D eigenvalue weighted by atomic mass is 16.3. The molecule has 0 aliphatic heterocycles. The van der Waals surface area contributed by atoms with E-state index in [1.807, 2.05) is 12.1 Å². The van der Waals surface area contributed by atoms with Crippen LogP contribution < -0.4 is 4.90 Å². The molecule has 0 amide bonds. The fourth-order valence-corrected chi connectivity index (χ4v) is 8.50. The summed E-state index contributed by atoms with van der Waals surface area (Å²) in [5, 5.41) is 7.16. The summed E-state index contributed by atoms with van der Waals surface area (Å²) in [7, 11) is 0. The van der Waals surface area contributed by atoms with E-state index in [0.29, 0.717) is 0 Å². The predicted molar refractivity (Wildman–Crippen MR) is 231 cm³/mol. The van der Waals surface area contributed by atoms with Crippen LogP contribution in [-0.4, -0.2) is 4.57 Å². The van der Waals surface area contributed by atoms with Crippen molar-refractivity contribution in [2.75, 3.05) is 4.90 Å². The largest absolute Gasteiger partial charge is 0.455 e. The average Bonchev–Trinajstić information content (AvgIpc) is 3.80. The first-order valence-electron chi connectivity index (χ1n) is 18.8. The van der Waals surface area contributed by atoms with Gasteiger partial charge < -0.3 is 13.9 Å². The summed E-state index contributed by atoms with van der Waals surface area (Å²) in [4.78, 5) is 2.38. The van der Waals surface area contributed by atoms with Crippen molar-refractivity contribution in [3.8, 4) is 27.9 Å². The van der Waals surface area contributed by atoms with Crippen molar-refractivity contribution in [2.45, 2.75) is 0 Å². The van der Waals surface area contributed by atoms with E-state index < -0.39 is 0 Å². The Hall–Kier alpha value is -7.36. The van der Waals surface area contributed by atoms with Crippen LogP contribution in [0.3, 0.4) is 0 Å². The molecule has 0 N–H and O–H groups in total. The lowest BCUT2D eigenvalue weighted by atomic mass is 10.00. The molecular formula is C52H34N2O. The second-order valence-electron chi connectivity index (χ2n) is 14.1. The standard InChI is InChI=1S/C52H34N2O/c1-2-18-40-35(14-1)15-12-28-47(40)53(39-17-11-16-37(34-39)42-23-13-24-46-45-22-6-10-29-51(45)55-52(42)46)38-32-30-36(31-33-38)41-19-3-7-25-48(41)54-49-26-8-4-20-43(49)44-21-5-9-27-50(44)54/h1-34H. The van der Waals surface area contributed by atoms with E-state index in [1.54, 1.807) is 0 Å².